The Labute approximate surface area is 154 Å². The lowest BCUT2D eigenvalue weighted by Gasteiger charge is -2.14. The van der Waals surface area contributed by atoms with Crippen LogP contribution in [0, 0.1) is 5.82 Å². The van der Waals surface area contributed by atoms with Crippen molar-refractivity contribution in [2.45, 2.75) is 39.5 Å². The van der Waals surface area contributed by atoms with Crippen LogP contribution >= 0.6 is 0 Å². The van der Waals surface area contributed by atoms with Crippen molar-refractivity contribution in [2.75, 3.05) is 13.1 Å². The van der Waals surface area contributed by atoms with E-state index in [-0.39, 0.29) is 12.1 Å². The second-order valence-corrected chi connectivity index (χ2v) is 5.72. The van der Waals surface area contributed by atoms with Crippen LogP contribution in [0.15, 0.2) is 29.5 Å². The average molecular weight is 386 g/mol. The molecule has 0 atom stereocenters. The predicted molar refractivity (Wildman–Crippen MR) is 93.6 cm³/mol. The highest BCUT2D eigenvalue weighted by Gasteiger charge is 2.33. The number of aliphatic imine (C=N–C) groups is 1. The number of halogens is 4. The van der Waals surface area contributed by atoms with Gasteiger partial charge in [0, 0.05) is 26.1 Å². The van der Waals surface area contributed by atoms with Crippen LogP contribution in [0.2, 0.25) is 0 Å². The number of rotatable bonds is 7. The number of guanidine groups is 1. The minimum Gasteiger partial charge on any atom is -0.357 e. The third-order valence-electron chi connectivity index (χ3n) is 3.79. The standard InChI is InChI=1S/C17H22F4N6/c1-3-15-26-25-11-27(15)8-7-23-16(22-4-2)24-10-12-5-6-13(18)9-14(12)17(19,20)21/h5-6,9,11H,3-4,7-8,10H2,1-2H3,(H2,22,23,24). The second kappa shape index (κ2) is 9.33. The highest BCUT2D eigenvalue weighted by atomic mass is 19.4. The maximum absolute atomic E-state index is 13.2. The minimum atomic E-state index is -4.64. The van der Waals surface area contributed by atoms with Crippen molar-refractivity contribution in [1.82, 2.24) is 25.4 Å². The summed E-state index contributed by atoms with van der Waals surface area (Å²) >= 11 is 0. The van der Waals surface area contributed by atoms with Gasteiger partial charge in [-0.3, -0.25) is 0 Å². The minimum absolute atomic E-state index is 0.0896. The predicted octanol–water partition coefficient (Wildman–Crippen LogP) is 2.75. The van der Waals surface area contributed by atoms with Gasteiger partial charge in [0.1, 0.15) is 18.0 Å². The molecule has 0 unspecified atom stereocenters. The van der Waals surface area contributed by atoms with Crippen LogP contribution < -0.4 is 10.6 Å². The zero-order valence-electron chi connectivity index (χ0n) is 15.1. The summed E-state index contributed by atoms with van der Waals surface area (Å²) < 4.78 is 54.3. The van der Waals surface area contributed by atoms with Gasteiger partial charge in [-0.05, 0) is 24.6 Å². The number of aromatic nitrogens is 3. The van der Waals surface area contributed by atoms with Crippen LogP contribution in [-0.2, 0) is 25.7 Å². The maximum atomic E-state index is 13.2. The third kappa shape index (κ3) is 5.93. The Balaban J connectivity index is 2.05. The molecule has 27 heavy (non-hydrogen) atoms. The molecule has 0 saturated heterocycles. The highest BCUT2D eigenvalue weighted by Crippen LogP contribution is 2.32. The zero-order chi connectivity index (χ0) is 19.9. The van der Waals surface area contributed by atoms with Gasteiger partial charge in [0.2, 0.25) is 0 Å². The van der Waals surface area contributed by atoms with Crippen LogP contribution in [0.5, 0.6) is 0 Å². The maximum Gasteiger partial charge on any atom is 0.416 e. The molecule has 1 aromatic carbocycles. The average Bonchev–Trinajstić information content (AvgIpc) is 3.07. The summed E-state index contributed by atoms with van der Waals surface area (Å²) in [5.41, 5.74) is -1.10. The number of hydrogen-bond acceptors (Lipinski definition) is 3. The Bertz CT molecular complexity index is 769. The number of nitrogens with zero attached hydrogens (tertiary/aromatic N) is 4. The van der Waals surface area contributed by atoms with Crippen molar-refractivity contribution >= 4 is 5.96 Å². The summed E-state index contributed by atoms with van der Waals surface area (Å²) in [4.78, 5) is 4.18. The molecule has 1 heterocycles. The first-order chi connectivity index (χ1) is 12.8. The van der Waals surface area contributed by atoms with Gasteiger partial charge in [-0.25, -0.2) is 9.38 Å². The Kier molecular flexibility index (Phi) is 7.14. The fraction of sp³-hybridized carbons (Fsp3) is 0.471. The molecular formula is C17H22F4N6. The van der Waals surface area contributed by atoms with Crippen molar-refractivity contribution in [3.05, 3.63) is 47.3 Å². The van der Waals surface area contributed by atoms with Crippen LogP contribution in [0.3, 0.4) is 0 Å². The van der Waals surface area contributed by atoms with E-state index < -0.39 is 17.6 Å². The summed E-state index contributed by atoms with van der Waals surface area (Å²) in [5, 5.41) is 13.9. The summed E-state index contributed by atoms with van der Waals surface area (Å²) in [6, 6.07) is 2.60. The molecule has 2 N–H and O–H groups in total. The first-order valence-electron chi connectivity index (χ1n) is 8.59. The van der Waals surface area contributed by atoms with E-state index in [1.165, 1.54) is 0 Å². The Morgan fingerprint density at radius 1 is 1.22 bits per heavy atom. The molecule has 0 saturated carbocycles. The molecule has 6 nitrogen and oxygen atoms in total. The molecule has 2 rings (SSSR count). The van der Waals surface area contributed by atoms with Crippen molar-refractivity contribution in [1.29, 1.82) is 0 Å². The van der Waals surface area contributed by atoms with Crippen LogP contribution in [0.1, 0.15) is 30.8 Å². The van der Waals surface area contributed by atoms with E-state index in [2.05, 4.69) is 25.8 Å². The lowest BCUT2D eigenvalue weighted by molar-refractivity contribution is -0.138. The Hall–Kier alpha value is -2.65. The number of hydrogen-bond donors (Lipinski definition) is 2. The SMILES string of the molecule is CCNC(=NCc1ccc(F)cc1C(F)(F)F)NCCn1cnnc1CC. The van der Waals surface area contributed by atoms with Crippen molar-refractivity contribution in [3.8, 4) is 0 Å². The van der Waals surface area contributed by atoms with Gasteiger partial charge in [-0.15, -0.1) is 10.2 Å². The largest absolute Gasteiger partial charge is 0.416 e. The molecule has 0 amide bonds. The summed E-state index contributed by atoms with van der Waals surface area (Å²) in [7, 11) is 0. The van der Waals surface area contributed by atoms with E-state index >= 15 is 0 Å². The van der Waals surface area contributed by atoms with Gasteiger partial charge in [-0.1, -0.05) is 13.0 Å². The van der Waals surface area contributed by atoms with Crippen molar-refractivity contribution in [2.24, 2.45) is 4.99 Å². The molecule has 148 valence electrons. The molecule has 0 aliphatic heterocycles. The Morgan fingerprint density at radius 2 is 2.00 bits per heavy atom. The summed E-state index contributed by atoms with van der Waals surface area (Å²) in [6.07, 6.45) is -2.26. The molecule has 10 heteroatoms. The summed E-state index contributed by atoms with van der Waals surface area (Å²) in [5.74, 6) is 0.293. The van der Waals surface area contributed by atoms with Crippen molar-refractivity contribution < 1.29 is 17.6 Å². The third-order valence-corrected chi connectivity index (χ3v) is 3.79. The second-order valence-electron chi connectivity index (χ2n) is 5.72. The molecular weight excluding hydrogens is 364 g/mol. The highest BCUT2D eigenvalue weighted by molar-refractivity contribution is 5.79. The number of aryl methyl sites for hydroxylation is 1. The molecule has 0 aliphatic rings. The van der Waals surface area contributed by atoms with E-state index in [4.69, 9.17) is 0 Å². The summed E-state index contributed by atoms with van der Waals surface area (Å²) in [6.45, 7) is 5.23. The monoisotopic (exact) mass is 386 g/mol. The number of alkyl halides is 3. The molecule has 1 aromatic heterocycles. The zero-order valence-corrected chi connectivity index (χ0v) is 15.1. The molecule has 0 bridgehead atoms. The van der Waals surface area contributed by atoms with E-state index in [1.807, 2.05) is 18.4 Å². The first kappa shape index (κ1) is 20.7. The van der Waals surface area contributed by atoms with Gasteiger partial charge < -0.3 is 15.2 Å². The lowest BCUT2D eigenvalue weighted by Crippen LogP contribution is -2.39. The Morgan fingerprint density at radius 3 is 2.67 bits per heavy atom. The molecule has 2 aromatic rings. The number of benzene rings is 1. The molecule has 0 spiro atoms. The van der Waals surface area contributed by atoms with E-state index in [0.29, 0.717) is 31.7 Å². The van der Waals surface area contributed by atoms with Gasteiger partial charge in [0.15, 0.2) is 5.96 Å². The first-order valence-corrected chi connectivity index (χ1v) is 8.59. The van der Waals surface area contributed by atoms with Crippen molar-refractivity contribution in [3.63, 3.8) is 0 Å². The molecule has 0 fully saturated rings. The van der Waals surface area contributed by atoms with E-state index in [0.717, 1.165) is 24.4 Å². The van der Waals surface area contributed by atoms with Crippen LogP contribution in [0.4, 0.5) is 17.6 Å². The topological polar surface area (TPSA) is 67.1 Å². The van der Waals surface area contributed by atoms with Crippen LogP contribution in [0.25, 0.3) is 0 Å². The lowest BCUT2D eigenvalue weighted by atomic mass is 10.1. The van der Waals surface area contributed by atoms with Gasteiger partial charge in [-0.2, -0.15) is 13.2 Å². The normalized spacial score (nSPS) is 12.3. The quantitative estimate of drug-likeness (QED) is 0.436. The van der Waals surface area contributed by atoms with Gasteiger partial charge in [0.25, 0.3) is 0 Å². The van der Waals surface area contributed by atoms with E-state index in [9.17, 15) is 17.6 Å². The molecule has 0 aliphatic carbocycles. The smallest absolute Gasteiger partial charge is 0.357 e. The fourth-order valence-electron chi connectivity index (χ4n) is 2.49. The molecule has 0 radical (unpaired) electrons. The van der Waals surface area contributed by atoms with Gasteiger partial charge in [0.05, 0.1) is 12.1 Å². The van der Waals surface area contributed by atoms with Crippen LogP contribution in [-0.4, -0.2) is 33.8 Å². The number of nitrogens with one attached hydrogen (secondary N) is 2. The van der Waals surface area contributed by atoms with E-state index in [1.54, 1.807) is 6.33 Å². The fourth-order valence-corrected chi connectivity index (χ4v) is 2.49. The van der Waals surface area contributed by atoms with Gasteiger partial charge >= 0.3 is 6.18 Å².